The van der Waals surface area contributed by atoms with Gasteiger partial charge in [-0.25, -0.2) is 9.59 Å². The summed E-state index contributed by atoms with van der Waals surface area (Å²) in [6, 6.07) is 26.4. The number of nitrogens with one attached hydrogen (secondary N) is 1. The highest BCUT2D eigenvalue weighted by atomic mass is 16.5. The molecule has 8 heteroatoms. The molecule has 218 valence electrons. The third-order valence-corrected chi connectivity index (χ3v) is 9.40. The van der Waals surface area contributed by atoms with Crippen LogP contribution in [0.5, 0.6) is 0 Å². The molecule has 0 saturated carbocycles. The number of carbonyl (C=O) groups is 3. The fraction of sp³-hybridized carbons (Fsp3) is 0.382. The molecule has 8 nitrogen and oxygen atoms in total. The van der Waals surface area contributed by atoms with Crippen LogP contribution in [0.25, 0.3) is 11.1 Å². The van der Waals surface area contributed by atoms with E-state index in [0.29, 0.717) is 45.3 Å². The number of hydrogen-bond donors (Lipinski definition) is 2. The van der Waals surface area contributed by atoms with Gasteiger partial charge < -0.3 is 20.1 Å². The quantitative estimate of drug-likeness (QED) is 0.416. The number of likely N-dealkylation sites (tertiary alicyclic amines) is 2. The number of carbonyl (C=O) groups excluding carboxylic acids is 2. The van der Waals surface area contributed by atoms with Crippen LogP contribution >= 0.6 is 0 Å². The normalized spacial score (nSPS) is 21.4. The second kappa shape index (κ2) is 11.2. The average Bonchev–Trinajstić information content (AvgIpc) is 3.56. The van der Waals surface area contributed by atoms with Gasteiger partial charge in [-0.3, -0.25) is 9.69 Å². The van der Waals surface area contributed by atoms with Crippen molar-refractivity contribution in [2.45, 2.75) is 56.1 Å². The number of alkyl carbamates (subject to hydrolysis) is 1. The number of benzene rings is 3. The number of carboxylic acids is 1. The van der Waals surface area contributed by atoms with Crippen molar-refractivity contribution in [3.8, 4) is 11.1 Å². The standard InChI is InChI=1S/C34H37N3O5/c1-33(31(39)40)16-9-19-37(33)30(38)34(17-20-36(21-18-34)22-24-10-3-2-4-11-24)35-32(41)42-23-29-27-14-7-5-12-25(27)26-13-6-8-15-28(26)29/h2-8,10-15,29H,9,16-23H2,1H3,(H,35,41)(H,39,40)/t33-/m1/s1. The second-order valence-electron chi connectivity index (χ2n) is 11.9. The Hall–Kier alpha value is -4.17. The lowest BCUT2D eigenvalue weighted by Gasteiger charge is -2.45. The summed E-state index contributed by atoms with van der Waals surface area (Å²) in [5.41, 5.74) is 3.15. The lowest BCUT2D eigenvalue weighted by Crippen LogP contribution is -2.66. The molecular formula is C34H37N3O5. The third kappa shape index (κ3) is 5.04. The predicted octanol–water partition coefficient (Wildman–Crippen LogP) is 5.03. The number of ether oxygens (including phenoxy) is 1. The van der Waals surface area contributed by atoms with E-state index < -0.39 is 23.1 Å². The fourth-order valence-corrected chi connectivity index (χ4v) is 6.93. The number of hydrogen-bond acceptors (Lipinski definition) is 5. The first kappa shape index (κ1) is 28.0. The van der Waals surface area contributed by atoms with Gasteiger partial charge in [-0.1, -0.05) is 78.9 Å². The van der Waals surface area contributed by atoms with Crippen LogP contribution < -0.4 is 5.32 Å². The van der Waals surface area contributed by atoms with Gasteiger partial charge in [-0.2, -0.15) is 0 Å². The van der Waals surface area contributed by atoms with Crippen molar-refractivity contribution in [2.24, 2.45) is 0 Å². The number of aliphatic carboxylic acids is 1. The van der Waals surface area contributed by atoms with Crippen LogP contribution in [-0.4, -0.2) is 70.2 Å². The van der Waals surface area contributed by atoms with Crippen LogP contribution in [-0.2, 0) is 20.9 Å². The van der Waals surface area contributed by atoms with Gasteiger partial charge in [-0.05, 0) is 60.4 Å². The summed E-state index contributed by atoms with van der Waals surface area (Å²) in [4.78, 5) is 43.6. The van der Waals surface area contributed by atoms with Gasteiger partial charge >= 0.3 is 12.1 Å². The van der Waals surface area contributed by atoms with Crippen LogP contribution in [0.3, 0.4) is 0 Å². The first-order valence-corrected chi connectivity index (χ1v) is 14.8. The zero-order valence-electron chi connectivity index (χ0n) is 23.9. The van der Waals surface area contributed by atoms with Crippen molar-refractivity contribution in [2.75, 3.05) is 26.2 Å². The van der Waals surface area contributed by atoms with Gasteiger partial charge in [0.05, 0.1) is 0 Å². The number of nitrogens with zero attached hydrogens (tertiary/aromatic N) is 2. The average molecular weight is 568 g/mol. The van der Waals surface area contributed by atoms with Gasteiger partial charge in [0.15, 0.2) is 0 Å². The number of piperidine rings is 1. The van der Waals surface area contributed by atoms with Crippen molar-refractivity contribution >= 4 is 18.0 Å². The maximum absolute atomic E-state index is 14.2. The molecule has 0 aromatic heterocycles. The molecule has 2 N–H and O–H groups in total. The summed E-state index contributed by atoms with van der Waals surface area (Å²) in [6.45, 7) is 4.01. The highest BCUT2D eigenvalue weighted by Gasteiger charge is 2.53. The van der Waals surface area contributed by atoms with Crippen molar-refractivity contribution in [3.05, 3.63) is 95.6 Å². The lowest BCUT2D eigenvalue weighted by atomic mass is 9.84. The Balaban J connectivity index is 1.20. The Morgan fingerprint density at radius 2 is 1.45 bits per heavy atom. The number of carboxylic acid groups (broad SMARTS) is 1. The smallest absolute Gasteiger partial charge is 0.408 e. The van der Waals surface area contributed by atoms with Crippen LogP contribution in [0.1, 0.15) is 55.2 Å². The van der Waals surface area contributed by atoms with E-state index in [9.17, 15) is 19.5 Å². The van der Waals surface area contributed by atoms with Crippen LogP contribution in [0, 0.1) is 0 Å². The predicted molar refractivity (Wildman–Crippen MR) is 159 cm³/mol. The maximum Gasteiger partial charge on any atom is 0.408 e. The Kier molecular flexibility index (Phi) is 7.49. The first-order chi connectivity index (χ1) is 20.3. The molecule has 2 heterocycles. The Labute approximate surface area is 246 Å². The molecule has 2 saturated heterocycles. The molecule has 0 bridgehead atoms. The minimum Gasteiger partial charge on any atom is -0.480 e. The van der Waals surface area contributed by atoms with Crippen LogP contribution in [0.15, 0.2) is 78.9 Å². The molecule has 2 aliphatic heterocycles. The van der Waals surface area contributed by atoms with Crippen molar-refractivity contribution < 1.29 is 24.2 Å². The molecule has 0 unspecified atom stereocenters. The molecule has 1 aliphatic carbocycles. The summed E-state index contributed by atoms with van der Waals surface area (Å²) in [5.74, 6) is -1.46. The number of fused-ring (bicyclic) bond motifs is 3. The van der Waals surface area contributed by atoms with E-state index in [1.54, 1.807) is 6.92 Å². The third-order valence-electron chi connectivity index (χ3n) is 9.40. The largest absolute Gasteiger partial charge is 0.480 e. The highest BCUT2D eigenvalue weighted by molar-refractivity contribution is 5.95. The molecule has 0 spiro atoms. The summed E-state index contributed by atoms with van der Waals surface area (Å²) >= 11 is 0. The topological polar surface area (TPSA) is 99.2 Å². The molecule has 6 rings (SSSR count). The van der Waals surface area contributed by atoms with E-state index in [2.05, 4.69) is 46.6 Å². The molecule has 3 aromatic rings. The minimum atomic E-state index is -1.30. The van der Waals surface area contributed by atoms with Gasteiger partial charge in [-0.15, -0.1) is 0 Å². The maximum atomic E-state index is 14.2. The van der Waals surface area contributed by atoms with Crippen LogP contribution in [0.2, 0.25) is 0 Å². The van der Waals surface area contributed by atoms with E-state index in [1.807, 2.05) is 42.5 Å². The first-order valence-electron chi connectivity index (χ1n) is 14.8. The van der Waals surface area contributed by atoms with Gasteiger partial charge in [0.25, 0.3) is 0 Å². The molecule has 3 aliphatic rings. The summed E-state index contributed by atoms with van der Waals surface area (Å²) in [5, 5.41) is 13.0. The van der Waals surface area contributed by atoms with Crippen molar-refractivity contribution in [1.82, 2.24) is 15.1 Å². The molecule has 2 fully saturated rings. The molecule has 3 aromatic carbocycles. The molecule has 1 atom stereocenters. The zero-order chi connectivity index (χ0) is 29.3. The Morgan fingerprint density at radius 3 is 2.07 bits per heavy atom. The van der Waals surface area contributed by atoms with Gasteiger partial charge in [0.2, 0.25) is 5.91 Å². The minimum absolute atomic E-state index is 0.101. The van der Waals surface area contributed by atoms with Gasteiger partial charge in [0, 0.05) is 32.1 Å². The molecule has 0 radical (unpaired) electrons. The monoisotopic (exact) mass is 567 g/mol. The highest BCUT2D eigenvalue weighted by Crippen LogP contribution is 2.44. The molecule has 42 heavy (non-hydrogen) atoms. The van der Waals surface area contributed by atoms with E-state index >= 15 is 0 Å². The Morgan fingerprint density at radius 1 is 0.857 bits per heavy atom. The number of rotatable bonds is 7. The van der Waals surface area contributed by atoms with E-state index in [0.717, 1.165) is 28.8 Å². The summed E-state index contributed by atoms with van der Waals surface area (Å²) in [7, 11) is 0. The van der Waals surface area contributed by atoms with Crippen molar-refractivity contribution in [1.29, 1.82) is 0 Å². The summed E-state index contributed by atoms with van der Waals surface area (Å²) in [6.07, 6.45) is 1.08. The lowest BCUT2D eigenvalue weighted by molar-refractivity contribution is -0.159. The zero-order valence-corrected chi connectivity index (χ0v) is 23.9. The van der Waals surface area contributed by atoms with Crippen LogP contribution in [0.4, 0.5) is 4.79 Å². The number of amides is 2. The SMILES string of the molecule is C[C@]1(C(=O)O)CCCN1C(=O)C1(NC(=O)OCC2c3ccccc3-c3ccccc32)CCN(Cc2ccccc2)CC1. The van der Waals surface area contributed by atoms with E-state index in [1.165, 1.54) is 10.5 Å². The second-order valence-corrected chi connectivity index (χ2v) is 11.9. The van der Waals surface area contributed by atoms with E-state index in [-0.39, 0.29) is 18.4 Å². The van der Waals surface area contributed by atoms with Crippen molar-refractivity contribution in [3.63, 3.8) is 0 Å². The molecule has 2 amide bonds. The summed E-state index contributed by atoms with van der Waals surface area (Å²) < 4.78 is 5.85. The van der Waals surface area contributed by atoms with Gasteiger partial charge in [0.1, 0.15) is 17.7 Å². The molecular weight excluding hydrogens is 530 g/mol. The Bertz CT molecular complexity index is 1440. The van der Waals surface area contributed by atoms with E-state index in [4.69, 9.17) is 4.74 Å². The fourth-order valence-electron chi connectivity index (χ4n) is 6.93.